The monoisotopic (exact) mass is 269 g/mol. The summed E-state index contributed by atoms with van der Waals surface area (Å²) in [6, 6.07) is 3.55. The van der Waals surface area contributed by atoms with E-state index in [-0.39, 0.29) is 6.42 Å². The zero-order valence-corrected chi connectivity index (χ0v) is 11.7. The van der Waals surface area contributed by atoms with E-state index in [0.717, 1.165) is 0 Å². The van der Waals surface area contributed by atoms with Crippen LogP contribution >= 0.6 is 0 Å². The molecule has 0 aliphatic rings. The van der Waals surface area contributed by atoms with E-state index >= 15 is 0 Å². The maximum Gasteiger partial charge on any atom is 0.323 e. The van der Waals surface area contributed by atoms with Crippen LogP contribution in [-0.2, 0) is 16.0 Å². The molecule has 0 bridgehead atoms. The minimum absolute atomic E-state index is 0.0880. The van der Waals surface area contributed by atoms with E-state index < -0.39 is 23.4 Å². The summed E-state index contributed by atoms with van der Waals surface area (Å²) >= 11 is 0. The largest absolute Gasteiger partial charge is 0.497 e. The SMILES string of the molecule is COc1ccc(C[C@H](N)C(=O)OC(C)(C)C)c(F)c1. The summed E-state index contributed by atoms with van der Waals surface area (Å²) in [5.74, 6) is -0.562. The van der Waals surface area contributed by atoms with Gasteiger partial charge in [0.25, 0.3) is 0 Å². The highest BCUT2D eigenvalue weighted by Gasteiger charge is 2.23. The topological polar surface area (TPSA) is 61.5 Å². The first-order valence-corrected chi connectivity index (χ1v) is 6.04. The Morgan fingerprint density at radius 2 is 2.05 bits per heavy atom. The first-order valence-electron chi connectivity index (χ1n) is 6.04. The lowest BCUT2D eigenvalue weighted by atomic mass is 10.1. The van der Waals surface area contributed by atoms with Gasteiger partial charge in [-0.3, -0.25) is 4.79 Å². The van der Waals surface area contributed by atoms with E-state index in [2.05, 4.69) is 0 Å². The highest BCUT2D eigenvalue weighted by molar-refractivity contribution is 5.76. The van der Waals surface area contributed by atoms with Gasteiger partial charge in [0.15, 0.2) is 0 Å². The number of esters is 1. The molecule has 1 rings (SSSR count). The molecule has 1 aromatic rings. The summed E-state index contributed by atoms with van der Waals surface area (Å²) in [6.45, 7) is 5.27. The zero-order valence-electron chi connectivity index (χ0n) is 11.7. The van der Waals surface area contributed by atoms with Gasteiger partial charge in [-0.25, -0.2) is 4.39 Å². The van der Waals surface area contributed by atoms with Crippen LogP contribution in [0.4, 0.5) is 4.39 Å². The van der Waals surface area contributed by atoms with Gasteiger partial charge in [-0.05, 0) is 32.4 Å². The molecule has 0 saturated carbocycles. The summed E-state index contributed by atoms with van der Waals surface area (Å²) in [6.07, 6.45) is 0.0880. The van der Waals surface area contributed by atoms with Crippen LogP contribution in [0, 0.1) is 5.82 Å². The predicted octanol–water partition coefficient (Wildman–Crippen LogP) is 2.05. The Morgan fingerprint density at radius 3 is 2.53 bits per heavy atom. The molecule has 0 heterocycles. The number of benzene rings is 1. The van der Waals surface area contributed by atoms with Crippen molar-refractivity contribution >= 4 is 5.97 Å². The maximum absolute atomic E-state index is 13.7. The lowest BCUT2D eigenvalue weighted by Crippen LogP contribution is -2.39. The van der Waals surface area contributed by atoms with Crippen LogP contribution in [0.5, 0.6) is 5.75 Å². The van der Waals surface area contributed by atoms with Crippen molar-refractivity contribution in [1.82, 2.24) is 0 Å². The summed E-state index contributed by atoms with van der Waals surface area (Å²) in [5.41, 5.74) is 5.48. The predicted molar refractivity (Wildman–Crippen MR) is 70.5 cm³/mol. The first kappa shape index (κ1) is 15.4. The van der Waals surface area contributed by atoms with Gasteiger partial charge in [0.2, 0.25) is 0 Å². The minimum Gasteiger partial charge on any atom is -0.497 e. The summed E-state index contributed by atoms with van der Waals surface area (Å²) in [5, 5.41) is 0. The number of hydrogen-bond acceptors (Lipinski definition) is 4. The summed E-state index contributed by atoms with van der Waals surface area (Å²) in [7, 11) is 1.46. The van der Waals surface area contributed by atoms with Gasteiger partial charge in [-0.15, -0.1) is 0 Å². The molecule has 2 N–H and O–H groups in total. The molecular formula is C14H20FNO3. The molecule has 4 nitrogen and oxygen atoms in total. The molecule has 0 fully saturated rings. The van der Waals surface area contributed by atoms with Gasteiger partial charge in [-0.2, -0.15) is 0 Å². The molecule has 0 aromatic heterocycles. The lowest BCUT2D eigenvalue weighted by molar-refractivity contribution is -0.156. The quantitative estimate of drug-likeness (QED) is 0.850. The second-order valence-electron chi connectivity index (χ2n) is 5.30. The molecule has 5 heteroatoms. The van der Waals surface area contributed by atoms with Gasteiger partial charge >= 0.3 is 5.97 Å². The fourth-order valence-electron chi connectivity index (χ4n) is 1.52. The Balaban J connectivity index is 2.71. The van der Waals surface area contributed by atoms with Crippen molar-refractivity contribution in [2.75, 3.05) is 7.11 Å². The average molecular weight is 269 g/mol. The molecule has 0 amide bonds. The molecule has 0 aliphatic carbocycles. The highest BCUT2D eigenvalue weighted by Crippen LogP contribution is 2.18. The van der Waals surface area contributed by atoms with Gasteiger partial charge < -0.3 is 15.2 Å². The highest BCUT2D eigenvalue weighted by atomic mass is 19.1. The van der Waals surface area contributed by atoms with Crippen molar-refractivity contribution < 1.29 is 18.7 Å². The number of carbonyl (C=O) groups excluding carboxylic acids is 1. The van der Waals surface area contributed by atoms with Crippen molar-refractivity contribution in [1.29, 1.82) is 0 Å². The van der Waals surface area contributed by atoms with Crippen molar-refractivity contribution in [3.05, 3.63) is 29.6 Å². The Morgan fingerprint density at radius 1 is 1.42 bits per heavy atom. The van der Waals surface area contributed by atoms with Crippen molar-refractivity contribution in [3.63, 3.8) is 0 Å². The molecule has 0 aliphatic heterocycles. The van der Waals surface area contributed by atoms with E-state index in [9.17, 15) is 9.18 Å². The summed E-state index contributed by atoms with van der Waals surface area (Å²) in [4.78, 5) is 11.7. The van der Waals surface area contributed by atoms with Gasteiger partial charge in [-0.1, -0.05) is 6.07 Å². The summed E-state index contributed by atoms with van der Waals surface area (Å²) < 4.78 is 23.8. The van der Waals surface area contributed by atoms with Gasteiger partial charge in [0.05, 0.1) is 7.11 Å². The van der Waals surface area contributed by atoms with Crippen molar-refractivity contribution in [2.24, 2.45) is 5.73 Å². The minimum atomic E-state index is -0.887. The molecule has 1 atom stereocenters. The van der Waals surface area contributed by atoms with Crippen LogP contribution in [0.25, 0.3) is 0 Å². The van der Waals surface area contributed by atoms with Gasteiger partial charge in [0.1, 0.15) is 23.2 Å². The molecule has 106 valence electrons. The number of carbonyl (C=O) groups is 1. The second kappa shape index (κ2) is 6.02. The Kier molecular flexibility index (Phi) is 4.89. The van der Waals surface area contributed by atoms with E-state index in [4.69, 9.17) is 15.2 Å². The second-order valence-corrected chi connectivity index (χ2v) is 5.30. The zero-order chi connectivity index (χ0) is 14.6. The third-order valence-electron chi connectivity index (χ3n) is 2.41. The molecule has 19 heavy (non-hydrogen) atoms. The normalized spacial score (nSPS) is 12.9. The Labute approximate surface area is 112 Å². The number of rotatable bonds is 4. The lowest BCUT2D eigenvalue weighted by Gasteiger charge is -2.22. The molecule has 0 spiro atoms. The van der Waals surface area contributed by atoms with E-state index in [1.807, 2.05) is 0 Å². The van der Waals surface area contributed by atoms with E-state index in [1.165, 1.54) is 13.2 Å². The number of ether oxygens (including phenoxy) is 2. The molecule has 0 saturated heterocycles. The van der Waals surface area contributed by atoms with E-state index in [1.54, 1.807) is 32.9 Å². The van der Waals surface area contributed by atoms with Crippen LogP contribution < -0.4 is 10.5 Å². The van der Waals surface area contributed by atoms with Crippen LogP contribution in [-0.4, -0.2) is 24.7 Å². The van der Waals surface area contributed by atoms with Crippen molar-refractivity contribution in [2.45, 2.75) is 38.8 Å². The molecular weight excluding hydrogens is 249 g/mol. The van der Waals surface area contributed by atoms with Crippen LogP contribution in [0.2, 0.25) is 0 Å². The number of hydrogen-bond donors (Lipinski definition) is 1. The average Bonchev–Trinajstić information content (AvgIpc) is 2.29. The third kappa shape index (κ3) is 4.87. The Bertz CT molecular complexity index is 454. The third-order valence-corrected chi connectivity index (χ3v) is 2.41. The van der Waals surface area contributed by atoms with Crippen LogP contribution in [0.15, 0.2) is 18.2 Å². The van der Waals surface area contributed by atoms with Crippen molar-refractivity contribution in [3.8, 4) is 5.75 Å². The van der Waals surface area contributed by atoms with Gasteiger partial charge in [0, 0.05) is 12.5 Å². The number of methoxy groups -OCH3 is 1. The number of halogens is 1. The fourth-order valence-corrected chi connectivity index (χ4v) is 1.52. The maximum atomic E-state index is 13.7. The molecule has 1 aromatic carbocycles. The van der Waals surface area contributed by atoms with E-state index in [0.29, 0.717) is 11.3 Å². The van der Waals surface area contributed by atoms with Crippen LogP contribution in [0.1, 0.15) is 26.3 Å². The smallest absolute Gasteiger partial charge is 0.323 e. The Hall–Kier alpha value is -1.62. The molecule has 0 radical (unpaired) electrons. The van der Waals surface area contributed by atoms with Crippen LogP contribution in [0.3, 0.4) is 0 Å². The fraction of sp³-hybridized carbons (Fsp3) is 0.500. The molecule has 0 unspecified atom stereocenters. The standard InChI is InChI=1S/C14H20FNO3/c1-14(2,3)19-13(17)12(16)7-9-5-6-10(18-4)8-11(9)15/h5-6,8,12H,7,16H2,1-4H3/t12-/m0/s1. The number of nitrogens with two attached hydrogens (primary N) is 1. The first-order chi connectivity index (χ1) is 8.73.